The van der Waals surface area contributed by atoms with Crippen molar-refractivity contribution in [1.29, 1.82) is 0 Å². The highest BCUT2D eigenvalue weighted by molar-refractivity contribution is 7.21. The van der Waals surface area contributed by atoms with E-state index >= 15 is 0 Å². The maximum Gasteiger partial charge on any atom is 0.231 e. The number of aliphatic hydroxyl groups excluding tert-OH is 1. The third kappa shape index (κ3) is 2.60. The largest absolute Gasteiger partial charge is 0.510 e. The van der Waals surface area contributed by atoms with Crippen LogP contribution < -0.4 is 0 Å². The van der Waals surface area contributed by atoms with Crippen LogP contribution in [0.4, 0.5) is 5.13 Å². The van der Waals surface area contributed by atoms with Gasteiger partial charge < -0.3 is 5.11 Å². The smallest absolute Gasteiger partial charge is 0.231 e. The summed E-state index contributed by atoms with van der Waals surface area (Å²) < 4.78 is 1.00. The Bertz CT molecular complexity index is 621. The summed E-state index contributed by atoms with van der Waals surface area (Å²) in [6.07, 6.45) is 0. The van der Waals surface area contributed by atoms with Crippen molar-refractivity contribution in [1.82, 2.24) is 4.98 Å². The number of azo groups is 1. The number of nitrogens with zero attached hydrogens (tertiary/aromatic N) is 3. The SMILES string of the molecule is CC(=O)/C(N=Nc1nc2ccccc2s1)=C(\C)O. The molecule has 18 heavy (non-hydrogen) atoms. The van der Waals surface area contributed by atoms with E-state index in [4.69, 9.17) is 0 Å². The van der Waals surface area contributed by atoms with Gasteiger partial charge in [0.25, 0.3) is 0 Å². The lowest BCUT2D eigenvalue weighted by Gasteiger charge is -1.94. The van der Waals surface area contributed by atoms with E-state index in [9.17, 15) is 9.90 Å². The second-order valence-corrected chi connectivity index (χ2v) is 4.66. The predicted molar refractivity (Wildman–Crippen MR) is 70.1 cm³/mol. The van der Waals surface area contributed by atoms with E-state index in [1.165, 1.54) is 25.2 Å². The molecule has 0 amide bonds. The molecule has 0 unspecified atom stereocenters. The van der Waals surface area contributed by atoms with Gasteiger partial charge in [-0.05, 0) is 19.1 Å². The number of hydrogen-bond donors (Lipinski definition) is 1. The number of thiazole rings is 1. The van der Waals surface area contributed by atoms with E-state index in [2.05, 4.69) is 15.2 Å². The first-order valence-electron chi connectivity index (χ1n) is 5.26. The zero-order valence-electron chi connectivity index (χ0n) is 9.91. The summed E-state index contributed by atoms with van der Waals surface area (Å²) in [4.78, 5) is 15.4. The van der Waals surface area contributed by atoms with Gasteiger partial charge in [0, 0.05) is 6.92 Å². The highest BCUT2D eigenvalue weighted by atomic mass is 32.1. The van der Waals surface area contributed by atoms with E-state index in [0.717, 1.165) is 10.2 Å². The second kappa shape index (κ2) is 5.05. The Hall–Kier alpha value is -2.08. The van der Waals surface area contributed by atoms with Gasteiger partial charge in [-0.3, -0.25) is 4.79 Å². The molecule has 0 fully saturated rings. The molecule has 1 N–H and O–H groups in total. The summed E-state index contributed by atoms with van der Waals surface area (Å²) >= 11 is 1.38. The molecular weight excluding hydrogens is 250 g/mol. The number of para-hydroxylation sites is 1. The van der Waals surface area contributed by atoms with Gasteiger partial charge in [-0.1, -0.05) is 23.5 Å². The molecule has 0 saturated heterocycles. The number of fused-ring (bicyclic) bond motifs is 1. The molecule has 0 aliphatic rings. The third-order valence-electron chi connectivity index (χ3n) is 2.19. The Morgan fingerprint density at radius 3 is 2.67 bits per heavy atom. The maximum atomic E-state index is 11.2. The van der Waals surface area contributed by atoms with Crippen LogP contribution in [-0.2, 0) is 4.79 Å². The fourth-order valence-corrected chi connectivity index (χ4v) is 2.18. The molecule has 0 spiro atoms. The summed E-state index contributed by atoms with van der Waals surface area (Å²) in [6, 6.07) is 7.62. The molecule has 2 aromatic rings. The lowest BCUT2D eigenvalue weighted by molar-refractivity contribution is -0.113. The number of benzene rings is 1. The number of aliphatic hydroxyl groups is 1. The van der Waals surface area contributed by atoms with Crippen molar-refractivity contribution in [2.24, 2.45) is 10.2 Å². The summed E-state index contributed by atoms with van der Waals surface area (Å²) in [7, 11) is 0. The number of hydrogen-bond acceptors (Lipinski definition) is 6. The number of Topliss-reactive ketones (excluding diaryl/α,β-unsaturated/α-hetero) is 1. The molecule has 6 heteroatoms. The van der Waals surface area contributed by atoms with Crippen molar-refractivity contribution in [3.05, 3.63) is 35.7 Å². The van der Waals surface area contributed by atoms with Crippen molar-refractivity contribution in [2.75, 3.05) is 0 Å². The normalized spacial score (nSPS) is 13.0. The van der Waals surface area contributed by atoms with Gasteiger partial charge in [0.15, 0.2) is 11.5 Å². The molecule has 0 aliphatic carbocycles. The van der Waals surface area contributed by atoms with Crippen LogP contribution in [0.15, 0.2) is 46.0 Å². The summed E-state index contributed by atoms with van der Waals surface area (Å²) in [5, 5.41) is 17.4. The fourth-order valence-electron chi connectivity index (χ4n) is 1.39. The molecule has 1 heterocycles. The minimum Gasteiger partial charge on any atom is -0.510 e. The van der Waals surface area contributed by atoms with Crippen LogP contribution in [0.3, 0.4) is 0 Å². The van der Waals surface area contributed by atoms with Crippen LogP contribution in [-0.4, -0.2) is 15.9 Å². The number of aromatic nitrogens is 1. The molecule has 1 aromatic carbocycles. The first-order valence-corrected chi connectivity index (χ1v) is 6.07. The fraction of sp³-hybridized carbons (Fsp3) is 0.167. The van der Waals surface area contributed by atoms with Crippen molar-refractivity contribution < 1.29 is 9.90 Å². The van der Waals surface area contributed by atoms with E-state index in [1.54, 1.807) is 0 Å². The Morgan fingerprint density at radius 1 is 1.33 bits per heavy atom. The molecule has 0 atom stereocenters. The summed E-state index contributed by atoms with van der Waals surface area (Å²) in [5.41, 5.74) is 0.791. The van der Waals surface area contributed by atoms with E-state index in [1.807, 2.05) is 24.3 Å². The third-order valence-corrected chi connectivity index (χ3v) is 3.11. The van der Waals surface area contributed by atoms with Gasteiger partial charge in [-0.25, -0.2) is 4.98 Å². The van der Waals surface area contributed by atoms with Crippen LogP contribution in [0.2, 0.25) is 0 Å². The lowest BCUT2D eigenvalue weighted by atomic mass is 10.3. The van der Waals surface area contributed by atoms with E-state index in [-0.39, 0.29) is 17.2 Å². The number of ketones is 1. The maximum absolute atomic E-state index is 11.2. The first kappa shape index (κ1) is 12.4. The van der Waals surface area contributed by atoms with Crippen molar-refractivity contribution >= 4 is 32.5 Å². The predicted octanol–water partition coefficient (Wildman–Crippen LogP) is 3.76. The molecule has 0 radical (unpaired) electrons. The van der Waals surface area contributed by atoms with Crippen LogP contribution in [0, 0.1) is 0 Å². The Morgan fingerprint density at radius 2 is 2.06 bits per heavy atom. The molecule has 5 nitrogen and oxygen atoms in total. The molecule has 92 valence electrons. The van der Waals surface area contributed by atoms with Gasteiger partial charge in [0.05, 0.1) is 10.2 Å². The molecule has 0 saturated carbocycles. The molecule has 0 bridgehead atoms. The molecular formula is C12H11N3O2S. The van der Waals surface area contributed by atoms with Gasteiger partial charge in [-0.15, -0.1) is 10.2 Å². The zero-order valence-corrected chi connectivity index (χ0v) is 10.7. The van der Waals surface area contributed by atoms with Crippen LogP contribution in [0.5, 0.6) is 0 Å². The quantitative estimate of drug-likeness (QED) is 0.519. The Labute approximate surface area is 108 Å². The minimum atomic E-state index is -0.333. The Balaban J connectivity index is 2.33. The van der Waals surface area contributed by atoms with E-state index in [0.29, 0.717) is 5.13 Å². The molecule has 1 aromatic heterocycles. The van der Waals surface area contributed by atoms with Crippen molar-refractivity contribution in [3.63, 3.8) is 0 Å². The lowest BCUT2D eigenvalue weighted by Crippen LogP contribution is -1.96. The van der Waals surface area contributed by atoms with Gasteiger partial charge >= 0.3 is 0 Å². The average molecular weight is 261 g/mol. The van der Waals surface area contributed by atoms with Crippen LogP contribution in [0.1, 0.15) is 13.8 Å². The summed E-state index contributed by atoms with van der Waals surface area (Å²) in [5.74, 6) is -0.479. The topological polar surface area (TPSA) is 74.9 Å². The minimum absolute atomic E-state index is 0.0470. The Kier molecular flexibility index (Phi) is 3.47. The number of rotatable bonds is 3. The highest BCUT2D eigenvalue weighted by Gasteiger charge is 2.07. The number of allylic oxidation sites excluding steroid dienone is 2. The van der Waals surface area contributed by atoms with E-state index < -0.39 is 0 Å². The monoisotopic (exact) mass is 261 g/mol. The standard InChI is InChI=1S/C12H11N3O2S/c1-7(16)11(8(2)17)14-15-12-13-9-5-3-4-6-10(9)18-12/h3-6,16H,1-2H3/b11-7-,15-14?. The van der Waals surface area contributed by atoms with Crippen LogP contribution in [0.25, 0.3) is 10.2 Å². The average Bonchev–Trinajstić information content (AvgIpc) is 2.70. The molecule has 0 aliphatic heterocycles. The van der Waals surface area contributed by atoms with Gasteiger partial charge in [-0.2, -0.15) is 0 Å². The van der Waals surface area contributed by atoms with Crippen molar-refractivity contribution in [3.8, 4) is 0 Å². The zero-order chi connectivity index (χ0) is 13.1. The van der Waals surface area contributed by atoms with Gasteiger partial charge in [0.1, 0.15) is 5.76 Å². The highest BCUT2D eigenvalue weighted by Crippen LogP contribution is 2.28. The van der Waals surface area contributed by atoms with Gasteiger partial charge in [0.2, 0.25) is 5.13 Å². The number of carbonyl (C=O) groups is 1. The first-order chi connectivity index (χ1) is 8.58. The van der Waals surface area contributed by atoms with Crippen LogP contribution >= 0.6 is 11.3 Å². The molecule has 2 rings (SSSR count). The van der Waals surface area contributed by atoms with Crippen molar-refractivity contribution in [2.45, 2.75) is 13.8 Å². The number of carbonyl (C=O) groups excluding carboxylic acids is 1. The second-order valence-electron chi connectivity index (χ2n) is 3.65. The summed E-state index contributed by atoms with van der Waals surface area (Å²) in [6.45, 7) is 2.72.